The second-order valence-electron chi connectivity index (χ2n) is 11.1. The van der Waals surface area contributed by atoms with Crippen LogP contribution in [-0.4, -0.2) is 51.4 Å². The fraction of sp³-hybridized carbons (Fsp3) is 0.367. The van der Waals surface area contributed by atoms with E-state index < -0.39 is 9.21 Å². The fourth-order valence-corrected chi connectivity index (χ4v) is 7.69. The third-order valence-electron chi connectivity index (χ3n) is 7.86. The van der Waals surface area contributed by atoms with Crippen molar-refractivity contribution in [2.45, 2.75) is 57.0 Å². The van der Waals surface area contributed by atoms with Gasteiger partial charge in [-0.3, -0.25) is 4.79 Å². The Kier molecular flexibility index (Phi) is 6.15. The number of aromatic nitrogens is 2. The number of hydrogen-bond donors (Lipinski definition) is 1. The molecule has 8 heteroatoms. The van der Waals surface area contributed by atoms with Crippen LogP contribution in [0.15, 0.2) is 47.5 Å². The smallest absolute Gasteiger partial charge is 0.255 e. The van der Waals surface area contributed by atoms with Gasteiger partial charge in [-0.05, 0) is 87.1 Å². The second kappa shape index (κ2) is 9.27. The quantitative estimate of drug-likeness (QED) is 0.332. The van der Waals surface area contributed by atoms with E-state index in [2.05, 4.69) is 58.7 Å². The van der Waals surface area contributed by atoms with E-state index in [-0.39, 0.29) is 11.9 Å². The maximum atomic E-state index is 13.6. The molecule has 1 N–H and O–H groups in total. The number of benzene rings is 1. The van der Waals surface area contributed by atoms with Crippen molar-refractivity contribution in [2.75, 3.05) is 23.0 Å². The zero-order valence-corrected chi connectivity index (χ0v) is 24.1. The van der Waals surface area contributed by atoms with E-state index in [1.54, 1.807) is 11.3 Å². The van der Waals surface area contributed by atoms with Crippen LogP contribution in [0.3, 0.4) is 0 Å². The molecule has 2 aliphatic heterocycles. The minimum Gasteiger partial charge on any atom is -0.331 e. The third-order valence-corrected chi connectivity index (χ3v) is 10.4. The van der Waals surface area contributed by atoms with Crippen molar-refractivity contribution in [3.8, 4) is 10.4 Å². The number of fused-ring (bicyclic) bond motifs is 1. The Balaban J connectivity index is 1.33. The molecule has 0 radical (unpaired) electrons. The van der Waals surface area contributed by atoms with Gasteiger partial charge in [0, 0.05) is 29.7 Å². The number of anilines is 3. The summed E-state index contributed by atoms with van der Waals surface area (Å²) < 4.78 is 0. The third kappa shape index (κ3) is 4.54. The molecular formula is C30H35N5OS2. The van der Waals surface area contributed by atoms with Crippen LogP contribution >= 0.6 is 20.5 Å². The molecule has 1 unspecified atom stereocenters. The highest BCUT2D eigenvalue weighted by atomic mass is 32.2. The van der Waals surface area contributed by atoms with Crippen LogP contribution in [0.1, 0.15) is 54.2 Å². The highest BCUT2D eigenvalue weighted by Gasteiger charge is 2.40. The summed E-state index contributed by atoms with van der Waals surface area (Å²) in [5.74, 6) is 11.2. The van der Waals surface area contributed by atoms with Crippen molar-refractivity contribution in [1.29, 1.82) is 0 Å². The molecule has 1 atom stereocenters. The zero-order valence-electron chi connectivity index (χ0n) is 22.4. The molecule has 1 saturated heterocycles. The fourth-order valence-electron chi connectivity index (χ4n) is 5.60. The summed E-state index contributed by atoms with van der Waals surface area (Å²) in [5, 5.41) is 4.21. The van der Waals surface area contributed by atoms with E-state index in [0.29, 0.717) is 12.5 Å². The predicted molar refractivity (Wildman–Crippen MR) is 164 cm³/mol. The molecule has 6 nitrogen and oxygen atoms in total. The van der Waals surface area contributed by atoms with Gasteiger partial charge < -0.3 is 15.1 Å². The molecule has 3 aliphatic rings. The lowest BCUT2D eigenvalue weighted by Gasteiger charge is -2.24. The molecule has 4 heterocycles. The number of carbonyl (C=O) groups excluding carboxylic acids is 1. The molecule has 0 bridgehead atoms. The zero-order chi connectivity index (χ0) is 26.8. The van der Waals surface area contributed by atoms with Crippen LogP contribution in [-0.2, 0) is 6.54 Å². The number of allylic oxidation sites excluding steroid dienone is 1. The van der Waals surface area contributed by atoms with Crippen LogP contribution in [0.25, 0.3) is 10.4 Å². The van der Waals surface area contributed by atoms with Crippen LogP contribution in [0.4, 0.5) is 16.8 Å². The van der Waals surface area contributed by atoms with Crippen molar-refractivity contribution in [3.05, 3.63) is 59.4 Å². The minimum atomic E-state index is -1.62. The maximum absolute atomic E-state index is 13.6. The molecular weight excluding hydrogens is 510 g/mol. The maximum Gasteiger partial charge on any atom is 0.255 e. The van der Waals surface area contributed by atoms with E-state index in [1.165, 1.54) is 12.8 Å². The number of thiazole rings is 1. The Morgan fingerprint density at radius 2 is 2.00 bits per heavy atom. The van der Waals surface area contributed by atoms with Gasteiger partial charge in [0.1, 0.15) is 11.6 Å². The molecule has 0 spiro atoms. The van der Waals surface area contributed by atoms with Gasteiger partial charge in [0.15, 0.2) is 5.13 Å². The predicted octanol–water partition coefficient (Wildman–Crippen LogP) is 6.78. The van der Waals surface area contributed by atoms with Gasteiger partial charge in [0.2, 0.25) is 0 Å². The summed E-state index contributed by atoms with van der Waals surface area (Å²) in [5.41, 5.74) is 5.06. The van der Waals surface area contributed by atoms with E-state index in [0.717, 1.165) is 74.0 Å². The van der Waals surface area contributed by atoms with Gasteiger partial charge in [-0.25, -0.2) is 9.97 Å². The first kappa shape index (κ1) is 25.2. The van der Waals surface area contributed by atoms with Crippen molar-refractivity contribution in [3.63, 3.8) is 0 Å². The van der Waals surface area contributed by atoms with Crippen LogP contribution in [0.2, 0.25) is 0 Å². The number of amides is 1. The van der Waals surface area contributed by atoms with Crippen molar-refractivity contribution < 1.29 is 4.79 Å². The van der Waals surface area contributed by atoms with Gasteiger partial charge in [0.25, 0.3) is 5.91 Å². The Morgan fingerprint density at radius 3 is 2.68 bits per heavy atom. The summed E-state index contributed by atoms with van der Waals surface area (Å²) in [7, 11) is -1.62. The molecule has 1 saturated carbocycles. The van der Waals surface area contributed by atoms with Gasteiger partial charge >= 0.3 is 0 Å². The molecule has 6 rings (SSSR count). The highest BCUT2D eigenvalue weighted by Crippen LogP contribution is 2.45. The number of hydrogen-bond acceptors (Lipinski definition) is 6. The number of carbonyl (C=O) groups is 1. The van der Waals surface area contributed by atoms with Gasteiger partial charge in [0.05, 0.1) is 16.1 Å². The summed E-state index contributed by atoms with van der Waals surface area (Å²) in [6, 6.07) is 10.6. The summed E-state index contributed by atoms with van der Waals surface area (Å²) in [6.45, 7) is 10.0. The first-order valence-electron chi connectivity index (χ1n) is 13.2. The first-order chi connectivity index (χ1) is 18.1. The molecule has 1 aromatic carbocycles. The number of nitrogens with one attached hydrogen (secondary N) is 1. The van der Waals surface area contributed by atoms with Gasteiger partial charge in [-0.2, -0.15) is 9.21 Å². The van der Waals surface area contributed by atoms with E-state index in [1.807, 2.05) is 25.1 Å². The molecule has 198 valence electrons. The number of pyridine rings is 1. The Hall–Kier alpha value is -3.10. The van der Waals surface area contributed by atoms with Crippen LogP contribution < -0.4 is 10.2 Å². The standard InChI is InChI=1S/C30H35N5OS2/c1-18-9-8-14-34(18)26-11-7-10-25(32-26)33-30-31-19(2)28(37-30)22-15-23-17-35(20(3)21-12-13-21)29(36)27(23)24(16-22)38(4,5)6/h7,10-11,15-16,20-21H,1,4-5,8-9,12-14,17H2,2-3,6H3,(H,31,32,33). The Morgan fingerprint density at radius 1 is 1.21 bits per heavy atom. The molecule has 2 aromatic heterocycles. The molecule has 38 heavy (non-hydrogen) atoms. The van der Waals surface area contributed by atoms with Crippen molar-refractivity contribution in [1.82, 2.24) is 14.9 Å². The largest absolute Gasteiger partial charge is 0.331 e. The Bertz CT molecular complexity index is 1570. The monoisotopic (exact) mass is 545 g/mol. The SMILES string of the molecule is C=C1CCCN1c1cccc(Nc2nc(C)c(-c3cc4c(c(S(=C)(=C)C)c3)C(=O)N(C(C)C3CC3)C4)s2)n1. The first-order valence-corrected chi connectivity index (χ1v) is 16.4. The van der Waals surface area contributed by atoms with E-state index >= 15 is 0 Å². The number of nitrogens with zero attached hydrogens (tertiary/aromatic N) is 4. The average molecular weight is 546 g/mol. The Labute approximate surface area is 229 Å². The summed E-state index contributed by atoms with van der Waals surface area (Å²) >= 11 is 1.61. The number of rotatable bonds is 7. The average Bonchev–Trinajstić information content (AvgIpc) is 3.41. The minimum absolute atomic E-state index is 0.141. The van der Waals surface area contributed by atoms with Crippen LogP contribution in [0.5, 0.6) is 0 Å². The van der Waals surface area contributed by atoms with Crippen LogP contribution in [0, 0.1) is 12.8 Å². The second-order valence-corrected chi connectivity index (χ2v) is 15.0. The summed E-state index contributed by atoms with van der Waals surface area (Å²) in [6.07, 6.45) is 6.62. The molecule has 1 aliphatic carbocycles. The lowest BCUT2D eigenvalue weighted by atomic mass is 10.0. The van der Waals surface area contributed by atoms with Gasteiger partial charge in [-0.1, -0.05) is 35.7 Å². The topological polar surface area (TPSA) is 61.4 Å². The van der Waals surface area contributed by atoms with Crippen molar-refractivity contribution in [2.24, 2.45) is 5.92 Å². The molecule has 1 amide bonds. The van der Waals surface area contributed by atoms with E-state index in [9.17, 15) is 4.79 Å². The number of aryl methyl sites for hydroxylation is 1. The normalized spacial score (nSPS) is 18.3. The highest BCUT2D eigenvalue weighted by molar-refractivity contribution is 8.27. The summed E-state index contributed by atoms with van der Waals surface area (Å²) in [4.78, 5) is 29.5. The lowest BCUT2D eigenvalue weighted by molar-refractivity contribution is 0.0695. The van der Waals surface area contributed by atoms with Crippen molar-refractivity contribution >= 4 is 55.0 Å². The van der Waals surface area contributed by atoms with E-state index in [4.69, 9.17) is 9.97 Å². The van der Waals surface area contributed by atoms with Gasteiger partial charge in [-0.15, -0.1) is 0 Å². The molecule has 3 aromatic rings. The molecule has 2 fully saturated rings. The lowest BCUT2D eigenvalue weighted by Crippen LogP contribution is -2.34.